The van der Waals surface area contributed by atoms with E-state index in [4.69, 9.17) is 24.8 Å². The maximum Gasteiger partial charge on any atom is 0.573 e. The van der Waals surface area contributed by atoms with Gasteiger partial charge in [0.15, 0.2) is 0 Å². The first-order valence-corrected chi connectivity index (χ1v) is 6.59. The van der Waals surface area contributed by atoms with E-state index in [1.54, 1.807) is 0 Å². The molecule has 0 aliphatic carbocycles. The first kappa shape index (κ1) is 12.5. The molecule has 1 heterocycles. The fraction of sp³-hybridized carbons (Fsp3) is 0.200. The topological polar surface area (TPSA) is 44.5 Å². The van der Waals surface area contributed by atoms with Crippen molar-refractivity contribution in [2.75, 3.05) is 12.3 Å². The number of nitrogen functional groups attached to an aromatic ring is 1. The van der Waals surface area contributed by atoms with E-state index in [2.05, 4.69) is 4.74 Å². The Kier molecular flexibility index (Phi) is 2.99. The quantitative estimate of drug-likeness (QED) is 0.828. The number of rotatable bonds is 2. The molecule has 0 amide bonds. The second-order valence-electron chi connectivity index (χ2n) is 4.63. The molecule has 116 valence electrons. The summed E-state index contributed by atoms with van der Waals surface area (Å²) in [6, 6.07) is 6.62. The largest absolute Gasteiger partial charge is 0.573 e. The molecule has 0 radical (unpaired) electrons. The van der Waals surface area contributed by atoms with Crippen LogP contribution in [-0.4, -0.2) is 12.9 Å². The number of anilines is 1. The highest BCUT2D eigenvalue weighted by Gasteiger charge is 2.31. The van der Waals surface area contributed by atoms with Gasteiger partial charge in [-0.2, -0.15) is 0 Å². The molecule has 1 aliphatic heterocycles. The Morgan fingerprint density at radius 2 is 1.95 bits per heavy atom. The highest BCUT2D eigenvalue weighted by molar-refractivity contribution is 6.34. The molecule has 0 unspecified atom stereocenters. The molecule has 0 saturated carbocycles. The Bertz CT molecular complexity index is 795. The standard InChI is InChI=1S/C15H11ClF3NO2/c16-13-10-5-6-21-14(10)11(7-12(13)20)8-1-3-9(4-2-8)22-15(17,18)19/h1-4,7H,5-6,20H2/i6D2. The van der Waals surface area contributed by atoms with Crippen molar-refractivity contribution in [3.05, 3.63) is 40.9 Å². The molecule has 2 aromatic carbocycles. The lowest BCUT2D eigenvalue weighted by molar-refractivity contribution is -0.274. The molecular weight excluding hydrogens is 319 g/mol. The molecule has 1 aliphatic rings. The lowest BCUT2D eigenvalue weighted by atomic mass is 10.00. The predicted octanol–water partition coefficient (Wildman–Crippen LogP) is 4.42. The molecule has 0 spiro atoms. The first-order valence-electron chi connectivity index (χ1n) is 7.22. The van der Waals surface area contributed by atoms with Gasteiger partial charge in [-0.05, 0) is 23.8 Å². The van der Waals surface area contributed by atoms with Gasteiger partial charge >= 0.3 is 6.36 Å². The SMILES string of the molecule is [2H]C1([2H])Cc2c(Cl)c(N)cc(-c3ccc(OC(F)(F)F)cc3)c2O1. The number of hydrogen-bond donors (Lipinski definition) is 1. The molecule has 0 fully saturated rings. The van der Waals surface area contributed by atoms with Gasteiger partial charge in [0.1, 0.15) is 11.5 Å². The van der Waals surface area contributed by atoms with Gasteiger partial charge in [0.05, 0.1) is 20.0 Å². The van der Waals surface area contributed by atoms with E-state index in [9.17, 15) is 13.2 Å². The number of nitrogens with two attached hydrogens (primary N) is 1. The minimum absolute atomic E-state index is 0.0610. The Morgan fingerprint density at radius 1 is 1.27 bits per heavy atom. The van der Waals surface area contributed by atoms with E-state index in [-0.39, 0.29) is 28.6 Å². The minimum atomic E-state index is -4.77. The van der Waals surface area contributed by atoms with Crippen molar-refractivity contribution >= 4 is 17.3 Å². The third-order valence-corrected chi connectivity index (χ3v) is 3.61. The third-order valence-electron chi connectivity index (χ3n) is 3.16. The fourth-order valence-corrected chi connectivity index (χ4v) is 2.43. The first-order chi connectivity index (χ1) is 11.1. The predicted molar refractivity (Wildman–Crippen MR) is 77.2 cm³/mol. The Morgan fingerprint density at radius 3 is 2.59 bits per heavy atom. The second kappa shape index (κ2) is 5.28. The Hall–Kier alpha value is -2.08. The highest BCUT2D eigenvalue weighted by atomic mass is 35.5. The van der Waals surface area contributed by atoms with Gasteiger partial charge in [0.2, 0.25) is 0 Å². The zero-order chi connectivity index (χ0) is 17.7. The number of halogens is 4. The van der Waals surface area contributed by atoms with Gasteiger partial charge in [-0.1, -0.05) is 23.7 Å². The van der Waals surface area contributed by atoms with Crippen molar-refractivity contribution in [3.63, 3.8) is 0 Å². The highest BCUT2D eigenvalue weighted by Crippen LogP contribution is 2.44. The molecule has 3 rings (SSSR count). The lowest BCUT2D eigenvalue weighted by Gasteiger charge is -2.13. The number of hydrogen-bond acceptors (Lipinski definition) is 3. The minimum Gasteiger partial charge on any atom is -0.492 e. The van der Waals surface area contributed by atoms with Crippen LogP contribution in [0.3, 0.4) is 0 Å². The van der Waals surface area contributed by atoms with Gasteiger partial charge < -0.3 is 15.2 Å². The zero-order valence-corrected chi connectivity index (χ0v) is 11.8. The van der Waals surface area contributed by atoms with Crippen LogP contribution in [0.25, 0.3) is 11.1 Å². The summed E-state index contributed by atoms with van der Waals surface area (Å²) in [5.74, 6) is -0.121. The summed E-state index contributed by atoms with van der Waals surface area (Å²) >= 11 is 6.11. The summed E-state index contributed by atoms with van der Waals surface area (Å²) in [6.45, 7) is -1.92. The van der Waals surface area contributed by atoms with Gasteiger partial charge in [0, 0.05) is 17.5 Å². The molecule has 0 saturated heterocycles. The number of alkyl halides is 3. The molecule has 22 heavy (non-hydrogen) atoms. The van der Waals surface area contributed by atoms with Crippen molar-refractivity contribution in [1.82, 2.24) is 0 Å². The van der Waals surface area contributed by atoms with Crippen LogP contribution in [-0.2, 0) is 6.42 Å². The maximum atomic E-state index is 12.2. The van der Waals surface area contributed by atoms with Crippen LogP contribution in [0.5, 0.6) is 11.5 Å². The van der Waals surface area contributed by atoms with Crippen LogP contribution in [0.1, 0.15) is 8.30 Å². The van der Waals surface area contributed by atoms with E-state index >= 15 is 0 Å². The fourth-order valence-electron chi connectivity index (χ4n) is 2.23. The van der Waals surface area contributed by atoms with Gasteiger partial charge in [-0.25, -0.2) is 0 Å². The van der Waals surface area contributed by atoms with Crippen molar-refractivity contribution < 1.29 is 25.4 Å². The van der Waals surface area contributed by atoms with Crippen molar-refractivity contribution in [2.45, 2.75) is 12.8 Å². The maximum absolute atomic E-state index is 12.2. The van der Waals surface area contributed by atoms with E-state index < -0.39 is 12.9 Å². The summed E-state index contributed by atoms with van der Waals surface area (Å²) in [5, 5.41) is 0.215. The van der Waals surface area contributed by atoms with Crippen LogP contribution < -0.4 is 15.2 Å². The Labute approximate surface area is 132 Å². The monoisotopic (exact) mass is 331 g/mol. The summed E-state index contributed by atoms with van der Waals surface area (Å²) < 4.78 is 61.2. The van der Waals surface area contributed by atoms with Crippen LogP contribution in [0.15, 0.2) is 30.3 Å². The van der Waals surface area contributed by atoms with E-state index in [0.29, 0.717) is 16.7 Å². The van der Waals surface area contributed by atoms with E-state index in [1.165, 1.54) is 18.2 Å². The molecular formula is C15H11ClF3NO2. The van der Waals surface area contributed by atoms with E-state index in [1.807, 2.05) is 0 Å². The summed E-state index contributed by atoms with van der Waals surface area (Å²) in [6.07, 6.45) is -4.83. The molecule has 2 aromatic rings. The summed E-state index contributed by atoms with van der Waals surface area (Å²) in [4.78, 5) is 0. The van der Waals surface area contributed by atoms with Crippen LogP contribution in [0, 0.1) is 0 Å². The van der Waals surface area contributed by atoms with Gasteiger partial charge in [0.25, 0.3) is 0 Å². The normalized spacial score (nSPS) is 17.3. The zero-order valence-electron chi connectivity index (χ0n) is 13.0. The summed E-state index contributed by atoms with van der Waals surface area (Å²) in [7, 11) is 0. The smallest absolute Gasteiger partial charge is 0.492 e. The van der Waals surface area contributed by atoms with Gasteiger partial charge in [-0.15, -0.1) is 13.2 Å². The molecule has 0 aromatic heterocycles. The van der Waals surface area contributed by atoms with Crippen LogP contribution in [0.4, 0.5) is 18.9 Å². The number of benzene rings is 2. The van der Waals surface area contributed by atoms with Crippen LogP contribution >= 0.6 is 11.6 Å². The average Bonchev–Trinajstić information content (AvgIpc) is 2.78. The second-order valence-corrected chi connectivity index (χ2v) is 5.01. The van der Waals surface area contributed by atoms with Crippen molar-refractivity contribution in [2.24, 2.45) is 0 Å². The average molecular weight is 332 g/mol. The van der Waals surface area contributed by atoms with Gasteiger partial charge in [-0.3, -0.25) is 0 Å². The molecule has 3 nitrogen and oxygen atoms in total. The number of fused-ring (bicyclic) bond motifs is 1. The lowest BCUT2D eigenvalue weighted by Crippen LogP contribution is -2.16. The molecule has 0 atom stereocenters. The van der Waals surface area contributed by atoms with Crippen molar-refractivity contribution in [1.29, 1.82) is 0 Å². The Balaban J connectivity index is 2.02. The van der Waals surface area contributed by atoms with Crippen molar-refractivity contribution in [3.8, 4) is 22.6 Å². The molecule has 2 N–H and O–H groups in total. The van der Waals surface area contributed by atoms with Crippen LogP contribution in [0.2, 0.25) is 5.02 Å². The van der Waals surface area contributed by atoms with E-state index in [0.717, 1.165) is 12.1 Å². The third kappa shape index (κ3) is 2.78. The number of ether oxygens (including phenoxy) is 2. The molecule has 7 heteroatoms. The molecule has 0 bridgehead atoms. The summed E-state index contributed by atoms with van der Waals surface area (Å²) in [5.41, 5.74) is 7.48.